The molecule has 1 saturated carbocycles. The van der Waals surface area contributed by atoms with Gasteiger partial charge >= 0.3 is 5.97 Å². The van der Waals surface area contributed by atoms with Crippen LogP contribution in [0.4, 0.5) is 0 Å². The lowest BCUT2D eigenvalue weighted by Crippen LogP contribution is -2.38. The number of methoxy groups -OCH3 is 1. The van der Waals surface area contributed by atoms with Crippen molar-refractivity contribution in [3.63, 3.8) is 0 Å². The summed E-state index contributed by atoms with van der Waals surface area (Å²) in [6.07, 6.45) is 7.43. The Kier molecular flexibility index (Phi) is 7.85. The SMILES string of the molecule is C=CC(=O)OC1CCC(Oc2ccc3cc(-c4ccc(CCCCC)cc4OC)sc3c2)C1(C)C. The summed E-state index contributed by atoms with van der Waals surface area (Å²) in [6.45, 7) is 9.94. The molecule has 0 N–H and O–H groups in total. The molecular weight excluding hydrogens is 456 g/mol. The molecule has 1 aliphatic rings. The van der Waals surface area contributed by atoms with Crippen molar-refractivity contribution in [2.75, 3.05) is 7.11 Å². The zero-order valence-corrected chi connectivity index (χ0v) is 22.1. The van der Waals surface area contributed by atoms with Crippen LogP contribution >= 0.6 is 11.3 Å². The maximum Gasteiger partial charge on any atom is 0.330 e. The fraction of sp³-hybridized carbons (Fsp3) is 0.433. The van der Waals surface area contributed by atoms with E-state index in [1.807, 2.05) is 6.07 Å². The number of benzene rings is 2. The van der Waals surface area contributed by atoms with E-state index in [9.17, 15) is 4.79 Å². The van der Waals surface area contributed by atoms with Gasteiger partial charge in [-0.05, 0) is 73.0 Å². The number of hydrogen-bond acceptors (Lipinski definition) is 5. The lowest BCUT2D eigenvalue weighted by molar-refractivity contribution is -0.148. The lowest BCUT2D eigenvalue weighted by atomic mass is 9.87. The van der Waals surface area contributed by atoms with Gasteiger partial charge in [-0.3, -0.25) is 0 Å². The fourth-order valence-electron chi connectivity index (χ4n) is 4.92. The van der Waals surface area contributed by atoms with Crippen LogP contribution in [-0.4, -0.2) is 25.3 Å². The molecule has 4 rings (SSSR count). The number of fused-ring (bicyclic) bond motifs is 1. The van der Waals surface area contributed by atoms with Crippen LogP contribution in [0.25, 0.3) is 20.5 Å². The summed E-state index contributed by atoms with van der Waals surface area (Å²) < 4.78 is 18.9. The van der Waals surface area contributed by atoms with E-state index in [0.29, 0.717) is 0 Å². The summed E-state index contributed by atoms with van der Waals surface area (Å²) in [5, 5.41) is 1.19. The van der Waals surface area contributed by atoms with Gasteiger partial charge in [0, 0.05) is 26.6 Å². The van der Waals surface area contributed by atoms with Crippen molar-refractivity contribution < 1.29 is 19.0 Å². The van der Waals surface area contributed by atoms with Crippen molar-refractivity contribution in [2.24, 2.45) is 5.41 Å². The summed E-state index contributed by atoms with van der Waals surface area (Å²) >= 11 is 1.75. The smallest absolute Gasteiger partial charge is 0.330 e. The first kappa shape index (κ1) is 25.3. The summed E-state index contributed by atoms with van der Waals surface area (Å²) in [7, 11) is 1.75. The van der Waals surface area contributed by atoms with E-state index < -0.39 is 0 Å². The Morgan fingerprint density at radius 3 is 2.66 bits per heavy atom. The second kappa shape index (κ2) is 10.9. The van der Waals surface area contributed by atoms with Gasteiger partial charge in [0.25, 0.3) is 0 Å². The molecule has 0 saturated heterocycles. The topological polar surface area (TPSA) is 44.8 Å². The molecule has 2 aromatic carbocycles. The van der Waals surface area contributed by atoms with Crippen molar-refractivity contribution >= 4 is 27.4 Å². The summed E-state index contributed by atoms with van der Waals surface area (Å²) in [5.74, 6) is 1.40. The Morgan fingerprint density at radius 2 is 1.91 bits per heavy atom. The second-order valence-electron chi connectivity index (χ2n) is 9.94. The van der Waals surface area contributed by atoms with Gasteiger partial charge in [-0.1, -0.05) is 46.3 Å². The molecule has 1 aliphatic carbocycles. The van der Waals surface area contributed by atoms with Crippen molar-refractivity contribution in [3.8, 4) is 21.9 Å². The van der Waals surface area contributed by atoms with E-state index in [1.54, 1.807) is 18.4 Å². The molecule has 0 radical (unpaired) electrons. The maximum atomic E-state index is 11.7. The third kappa shape index (κ3) is 5.56. The zero-order valence-electron chi connectivity index (χ0n) is 21.3. The highest BCUT2D eigenvalue weighted by atomic mass is 32.1. The van der Waals surface area contributed by atoms with E-state index in [0.717, 1.165) is 36.3 Å². The van der Waals surface area contributed by atoms with Crippen LogP contribution in [0.2, 0.25) is 0 Å². The number of aryl methyl sites for hydroxylation is 1. The van der Waals surface area contributed by atoms with Crippen LogP contribution in [0.15, 0.2) is 55.1 Å². The maximum absolute atomic E-state index is 11.7. The number of esters is 1. The van der Waals surface area contributed by atoms with Crippen LogP contribution in [0.1, 0.15) is 58.4 Å². The highest BCUT2D eigenvalue weighted by molar-refractivity contribution is 7.22. The minimum absolute atomic E-state index is 0.0256. The normalized spacial score (nSPS) is 19.0. The summed E-state index contributed by atoms with van der Waals surface area (Å²) in [4.78, 5) is 12.9. The van der Waals surface area contributed by atoms with Crippen molar-refractivity contribution in [3.05, 3.63) is 60.7 Å². The highest BCUT2D eigenvalue weighted by Gasteiger charge is 2.47. The first-order chi connectivity index (χ1) is 16.8. The van der Waals surface area contributed by atoms with Gasteiger partial charge < -0.3 is 14.2 Å². The monoisotopic (exact) mass is 492 g/mol. The van der Waals surface area contributed by atoms with Crippen molar-refractivity contribution in [1.82, 2.24) is 0 Å². The number of thiophene rings is 1. The Labute approximate surface area is 212 Å². The molecule has 0 amide bonds. The van der Waals surface area contributed by atoms with Gasteiger partial charge in [0.15, 0.2) is 0 Å². The van der Waals surface area contributed by atoms with Gasteiger partial charge in [0.1, 0.15) is 23.7 Å². The number of ether oxygens (including phenoxy) is 3. The molecule has 186 valence electrons. The number of rotatable bonds is 10. The predicted molar refractivity (Wildman–Crippen MR) is 145 cm³/mol. The van der Waals surface area contributed by atoms with E-state index in [1.165, 1.54) is 45.9 Å². The zero-order chi connectivity index (χ0) is 25.0. The Balaban J connectivity index is 1.52. The van der Waals surface area contributed by atoms with E-state index in [4.69, 9.17) is 14.2 Å². The Bertz CT molecular complexity index is 1190. The molecule has 0 aliphatic heterocycles. The van der Waals surface area contributed by atoms with Gasteiger partial charge in [0.2, 0.25) is 0 Å². The molecule has 1 fully saturated rings. The largest absolute Gasteiger partial charge is 0.496 e. The van der Waals surface area contributed by atoms with Crippen molar-refractivity contribution in [2.45, 2.75) is 71.5 Å². The molecule has 2 atom stereocenters. The molecule has 2 unspecified atom stereocenters. The molecule has 3 aromatic rings. The summed E-state index contributed by atoms with van der Waals surface area (Å²) in [5.41, 5.74) is 2.17. The standard InChI is InChI=1S/C30H36O4S/c1-6-8-9-10-20-11-14-23(24(17-20)32-5)26-18-21-12-13-22(19-25(21)35-26)33-27-15-16-28(30(27,3)4)34-29(31)7-2/h7,11-14,17-19,27-28H,2,6,8-10,15-16H2,1,3-5H3. The minimum Gasteiger partial charge on any atom is -0.496 e. The molecule has 5 heteroatoms. The van der Waals surface area contributed by atoms with Crippen LogP contribution in [-0.2, 0) is 16.0 Å². The lowest BCUT2D eigenvalue weighted by Gasteiger charge is -2.32. The fourth-order valence-corrected chi connectivity index (χ4v) is 6.04. The average molecular weight is 493 g/mol. The first-order valence-corrected chi connectivity index (χ1v) is 13.4. The quantitative estimate of drug-likeness (QED) is 0.163. The number of hydrogen-bond donors (Lipinski definition) is 0. The van der Waals surface area contributed by atoms with E-state index in [2.05, 4.69) is 63.7 Å². The number of unbranched alkanes of at least 4 members (excludes halogenated alkanes) is 2. The van der Waals surface area contributed by atoms with Gasteiger partial charge in [0.05, 0.1) is 7.11 Å². The molecular formula is C30H36O4S. The minimum atomic E-state index is -0.374. The van der Waals surface area contributed by atoms with Crippen LogP contribution in [0.5, 0.6) is 11.5 Å². The molecule has 0 bridgehead atoms. The van der Waals surface area contributed by atoms with Crippen molar-refractivity contribution in [1.29, 1.82) is 0 Å². The molecule has 1 aromatic heterocycles. The third-order valence-electron chi connectivity index (χ3n) is 7.15. The third-order valence-corrected chi connectivity index (χ3v) is 8.28. The highest BCUT2D eigenvalue weighted by Crippen LogP contribution is 2.44. The second-order valence-corrected chi connectivity index (χ2v) is 11.0. The molecule has 35 heavy (non-hydrogen) atoms. The Morgan fingerprint density at radius 1 is 1.11 bits per heavy atom. The Hall–Kier alpha value is -2.79. The van der Waals surface area contributed by atoms with Crippen LogP contribution < -0.4 is 9.47 Å². The van der Waals surface area contributed by atoms with E-state index >= 15 is 0 Å². The van der Waals surface area contributed by atoms with Gasteiger partial charge in [-0.25, -0.2) is 4.79 Å². The number of carbonyl (C=O) groups excluding carboxylic acids is 1. The van der Waals surface area contributed by atoms with E-state index in [-0.39, 0.29) is 23.6 Å². The molecule has 0 spiro atoms. The van der Waals surface area contributed by atoms with Crippen LogP contribution in [0.3, 0.4) is 0 Å². The van der Waals surface area contributed by atoms with Gasteiger partial charge in [-0.15, -0.1) is 11.3 Å². The summed E-state index contributed by atoms with van der Waals surface area (Å²) in [6, 6.07) is 15.1. The van der Waals surface area contributed by atoms with Crippen LogP contribution in [0, 0.1) is 5.41 Å². The number of carbonyl (C=O) groups is 1. The predicted octanol–water partition coefficient (Wildman–Crippen LogP) is 7.97. The van der Waals surface area contributed by atoms with Gasteiger partial charge in [-0.2, -0.15) is 0 Å². The molecule has 1 heterocycles. The molecule has 4 nitrogen and oxygen atoms in total. The average Bonchev–Trinajstić information content (AvgIpc) is 3.39. The first-order valence-electron chi connectivity index (χ1n) is 12.6.